The Morgan fingerprint density at radius 2 is 1.90 bits per heavy atom. The van der Waals surface area contributed by atoms with Crippen molar-refractivity contribution in [3.05, 3.63) is 87.0 Å². The van der Waals surface area contributed by atoms with E-state index in [1.807, 2.05) is 62.7 Å². The van der Waals surface area contributed by atoms with E-state index in [9.17, 15) is 10.1 Å². The summed E-state index contributed by atoms with van der Waals surface area (Å²) in [7, 11) is 1.84. The molecule has 0 saturated carbocycles. The Bertz CT molecular complexity index is 1440. The Labute approximate surface area is 179 Å². The van der Waals surface area contributed by atoms with Crippen molar-refractivity contribution in [2.75, 3.05) is 5.43 Å². The number of aromatic nitrogens is 3. The molecule has 31 heavy (non-hydrogen) atoms. The van der Waals surface area contributed by atoms with Gasteiger partial charge in [-0.05, 0) is 56.2 Å². The molecule has 2 aromatic heterocycles. The number of hydrogen-bond donors (Lipinski definition) is 1. The van der Waals surface area contributed by atoms with Crippen molar-refractivity contribution < 1.29 is 0 Å². The molecule has 0 aliphatic rings. The minimum Gasteiger partial charge on any atom is -0.339 e. The smallest absolute Gasteiger partial charge is 0.267 e. The second-order valence-corrected chi connectivity index (χ2v) is 7.42. The molecular formula is C24H22N6O. The standard InChI is InChI=1S/C24H22N6O/c1-15-8-7-11-22(16(15)2)30-23(31)20-9-5-6-10-21(20)27-24(30)28-26-14-18-12-19(13-25)29(4)17(18)3/h5-12,14H,1-4H3,(H,27,28)/b26-14-. The predicted molar refractivity (Wildman–Crippen MR) is 123 cm³/mol. The predicted octanol–water partition coefficient (Wildman–Crippen LogP) is 3.97. The molecule has 0 fully saturated rings. The lowest BCUT2D eigenvalue weighted by atomic mass is 10.1. The summed E-state index contributed by atoms with van der Waals surface area (Å²) >= 11 is 0. The molecule has 0 amide bonds. The minimum atomic E-state index is -0.167. The lowest BCUT2D eigenvalue weighted by Crippen LogP contribution is -2.23. The molecule has 7 heteroatoms. The number of nitrogens with one attached hydrogen (secondary N) is 1. The van der Waals surface area contributed by atoms with Crippen molar-refractivity contribution >= 4 is 23.1 Å². The highest BCUT2D eigenvalue weighted by Gasteiger charge is 2.15. The van der Waals surface area contributed by atoms with Crippen molar-refractivity contribution in [3.8, 4) is 11.8 Å². The van der Waals surface area contributed by atoms with Gasteiger partial charge in [0.25, 0.3) is 5.56 Å². The van der Waals surface area contributed by atoms with Crippen molar-refractivity contribution in [1.82, 2.24) is 14.1 Å². The first kappa shape index (κ1) is 20.1. The fraction of sp³-hybridized carbons (Fsp3) is 0.167. The third-order valence-electron chi connectivity index (χ3n) is 5.65. The van der Waals surface area contributed by atoms with Crippen LogP contribution in [0.2, 0.25) is 0 Å². The monoisotopic (exact) mass is 410 g/mol. The van der Waals surface area contributed by atoms with Crippen LogP contribution in [0.3, 0.4) is 0 Å². The molecule has 0 atom stereocenters. The number of aryl methyl sites for hydroxylation is 1. The van der Waals surface area contributed by atoms with Crippen LogP contribution in [-0.4, -0.2) is 20.3 Å². The molecule has 2 heterocycles. The Hall–Kier alpha value is -4.18. The second-order valence-electron chi connectivity index (χ2n) is 7.42. The molecule has 0 saturated heterocycles. The highest BCUT2D eigenvalue weighted by atomic mass is 16.1. The molecule has 4 rings (SSSR count). The number of nitriles is 1. The Morgan fingerprint density at radius 1 is 1.13 bits per heavy atom. The first-order valence-electron chi connectivity index (χ1n) is 9.86. The zero-order chi connectivity index (χ0) is 22.1. The lowest BCUT2D eigenvalue weighted by molar-refractivity contribution is 0.865. The third-order valence-corrected chi connectivity index (χ3v) is 5.65. The summed E-state index contributed by atoms with van der Waals surface area (Å²) in [4.78, 5) is 18.0. The fourth-order valence-electron chi connectivity index (χ4n) is 3.53. The van der Waals surface area contributed by atoms with Crippen LogP contribution in [0, 0.1) is 32.1 Å². The van der Waals surface area contributed by atoms with Crippen molar-refractivity contribution in [2.45, 2.75) is 20.8 Å². The average Bonchev–Trinajstić information content (AvgIpc) is 3.04. The maximum Gasteiger partial charge on any atom is 0.267 e. The van der Waals surface area contributed by atoms with Crippen LogP contribution in [-0.2, 0) is 7.05 Å². The normalized spacial score (nSPS) is 11.2. The van der Waals surface area contributed by atoms with Gasteiger partial charge in [-0.3, -0.25) is 4.79 Å². The van der Waals surface area contributed by atoms with Gasteiger partial charge in [0.2, 0.25) is 5.95 Å². The maximum atomic E-state index is 13.4. The van der Waals surface area contributed by atoms with E-state index in [0.29, 0.717) is 22.5 Å². The summed E-state index contributed by atoms with van der Waals surface area (Å²) in [6.45, 7) is 5.91. The summed E-state index contributed by atoms with van der Waals surface area (Å²) in [5, 5.41) is 14.1. The van der Waals surface area contributed by atoms with Crippen LogP contribution in [0.25, 0.3) is 16.6 Å². The van der Waals surface area contributed by atoms with E-state index in [4.69, 9.17) is 0 Å². The van der Waals surface area contributed by atoms with E-state index in [2.05, 4.69) is 21.6 Å². The second kappa shape index (κ2) is 7.92. The topological polar surface area (TPSA) is 88.0 Å². The van der Waals surface area contributed by atoms with Gasteiger partial charge in [0, 0.05) is 18.3 Å². The zero-order valence-electron chi connectivity index (χ0n) is 17.8. The minimum absolute atomic E-state index is 0.167. The van der Waals surface area contributed by atoms with Gasteiger partial charge in [0.05, 0.1) is 22.8 Å². The third kappa shape index (κ3) is 3.49. The van der Waals surface area contributed by atoms with Crippen LogP contribution in [0.5, 0.6) is 0 Å². The van der Waals surface area contributed by atoms with Crippen LogP contribution >= 0.6 is 0 Å². The highest BCUT2D eigenvalue weighted by molar-refractivity contribution is 5.83. The van der Waals surface area contributed by atoms with Crippen LogP contribution < -0.4 is 11.0 Å². The maximum absolute atomic E-state index is 13.4. The Balaban J connectivity index is 1.85. The lowest BCUT2D eigenvalue weighted by Gasteiger charge is -2.16. The fourth-order valence-corrected chi connectivity index (χ4v) is 3.53. The zero-order valence-corrected chi connectivity index (χ0v) is 17.8. The van der Waals surface area contributed by atoms with Crippen molar-refractivity contribution in [3.63, 3.8) is 0 Å². The number of benzene rings is 2. The molecule has 4 aromatic rings. The van der Waals surface area contributed by atoms with Crippen molar-refractivity contribution in [2.24, 2.45) is 12.1 Å². The molecule has 2 aromatic carbocycles. The summed E-state index contributed by atoms with van der Waals surface area (Å²) < 4.78 is 3.36. The number of anilines is 1. The van der Waals surface area contributed by atoms with E-state index in [1.165, 1.54) is 0 Å². The number of para-hydroxylation sites is 1. The van der Waals surface area contributed by atoms with Gasteiger partial charge in [-0.15, -0.1) is 0 Å². The van der Waals surface area contributed by atoms with Gasteiger partial charge >= 0.3 is 0 Å². The number of nitrogens with zero attached hydrogens (tertiary/aromatic N) is 5. The first-order valence-corrected chi connectivity index (χ1v) is 9.86. The summed E-state index contributed by atoms with van der Waals surface area (Å²) in [5.74, 6) is 0.322. The number of hydrazone groups is 1. The molecule has 0 aliphatic heterocycles. The van der Waals surface area contributed by atoms with Gasteiger partial charge < -0.3 is 4.57 Å². The van der Waals surface area contributed by atoms with Crippen molar-refractivity contribution in [1.29, 1.82) is 5.26 Å². The van der Waals surface area contributed by atoms with E-state index in [-0.39, 0.29) is 5.56 Å². The van der Waals surface area contributed by atoms with Gasteiger partial charge in [-0.2, -0.15) is 10.4 Å². The van der Waals surface area contributed by atoms with Crippen LogP contribution in [0.4, 0.5) is 5.95 Å². The molecule has 0 spiro atoms. The molecule has 1 N–H and O–H groups in total. The van der Waals surface area contributed by atoms with E-state index >= 15 is 0 Å². The molecule has 0 bridgehead atoms. The summed E-state index contributed by atoms with van der Waals surface area (Å²) in [6.07, 6.45) is 1.63. The Kier molecular flexibility index (Phi) is 5.14. The summed E-state index contributed by atoms with van der Waals surface area (Å²) in [5.41, 5.74) is 8.47. The first-order chi connectivity index (χ1) is 14.9. The quantitative estimate of drug-likeness (QED) is 0.407. The van der Waals surface area contributed by atoms with E-state index in [1.54, 1.807) is 29.0 Å². The van der Waals surface area contributed by atoms with Gasteiger partial charge in [0.15, 0.2) is 0 Å². The molecule has 7 nitrogen and oxygen atoms in total. The van der Waals surface area contributed by atoms with Gasteiger partial charge in [-0.1, -0.05) is 24.3 Å². The van der Waals surface area contributed by atoms with Crippen LogP contribution in [0.1, 0.15) is 28.1 Å². The number of hydrogen-bond acceptors (Lipinski definition) is 5. The molecule has 0 radical (unpaired) electrons. The van der Waals surface area contributed by atoms with E-state index in [0.717, 1.165) is 28.1 Å². The molecule has 0 aliphatic carbocycles. The average molecular weight is 410 g/mol. The molecular weight excluding hydrogens is 388 g/mol. The number of rotatable bonds is 4. The molecule has 0 unspecified atom stereocenters. The van der Waals surface area contributed by atoms with E-state index < -0.39 is 0 Å². The number of fused-ring (bicyclic) bond motifs is 1. The Morgan fingerprint density at radius 3 is 2.65 bits per heavy atom. The SMILES string of the molecule is Cc1cccc(-n2c(N/N=C\c3cc(C#N)n(C)c3C)nc3ccccc3c2=O)c1C. The molecule has 154 valence electrons. The van der Waals surface area contributed by atoms with Gasteiger partial charge in [-0.25, -0.2) is 15.0 Å². The van der Waals surface area contributed by atoms with Gasteiger partial charge in [0.1, 0.15) is 11.8 Å². The van der Waals surface area contributed by atoms with Crippen LogP contribution in [0.15, 0.2) is 58.4 Å². The summed E-state index contributed by atoms with van der Waals surface area (Å²) in [6, 6.07) is 17.0. The largest absolute Gasteiger partial charge is 0.339 e. The highest BCUT2D eigenvalue weighted by Crippen LogP contribution is 2.21.